The maximum absolute atomic E-state index is 12.7. The van der Waals surface area contributed by atoms with Crippen LogP contribution in [0.5, 0.6) is 5.75 Å². The molecule has 212 valence electrons. The average molecular weight is 581 g/mol. The normalized spacial score (nSPS) is 15.5. The molecule has 3 aromatic rings. The van der Waals surface area contributed by atoms with E-state index in [1.807, 2.05) is 25.1 Å². The molecular formula is C29H27F3N6O2S. The van der Waals surface area contributed by atoms with Gasteiger partial charge in [-0.1, -0.05) is 67.6 Å². The molecule has 4 rings (SSSR count). The number of nitrogens with two attached hydrogens (primary N) is 1. The SMILES string of the molecule is CCCc1cccc(C)c1N1C(=O)CS/C1=N\N=C\c1ccc(C(N)=NC=Nc2ccc(OC(F)(F)F)cc2)cc1. The van der Waals surface area contributed by atoms with E-state index in [0.29, 0.717) is 22.2 Å². The fourth-order valence-corrected chi connectivity index (χ4v) is 4.83. The zero-order chi connectivity index (χ0) is 29.4. The Bertz CT molecular complexity index is 1500. The molecule has 2 N–H and O–H groups in total. The highest BCUT2D eigenvalue weighted by atomic mass is 32.2. The Morgan fingerprint density at radius 2 is 1.83 bits per heavy atom. The lowest BCUT2D eigenvalue weighted by Gasteiger charge is -2.21. The van der Waals surface area contributed by atoms with Crippen LogP contribution < -0.4 is 15.4 Å². The first-order valence-electron chi connectivity index (χ1n) is 12.6. The van der Waals surface area contributed by atoms with Crippen LogP contribution in [0.2, 0.25) is 0 Å². The molecule has 1 heterocycles. The topological polar surface area (TPSA) is 105 Å². The van der Waals surface area contributed by atoms with Crippen molar-refractivity contribution in [2.24, 2.45) is 25.9 Å². The van der Waals surface area contributed by atoms with Gasteiger partial charge in [0.1, 0.15) is 17.9 Å². The number of nitrogens with zero attached hydrogens (tertiary/aromatic N) is 5. The van der Waals surface area contributed by atoms with Gasteiger partial charge in [0.05, 0.1) is 23.3 Å². The van der Waals surface area contributed by atoms with Crippen molar-refractivity contribution in [3.63, 3.8) is 0 Å². The summed E-state index contributed by atoms with van der Waals surface area (Å²) in [4.78, 5) is 22.5. The smallest absolute Gasteiger partial charge is 0.406 e. The van der Waals surface area contributed by atoms with E-state index in [2.05, 4.69) is 31.8 Å². The van der Waals surface area contributed by atoms with E-state index < -0.39 is 6.36 Å². The number of para-hydroxylation sites is 1. The number of carbonyl (C=O) groups is 1. The van der Waals surface area contributed by atoms with E-state index in [4.69, 9.17) is 5.73 Å². The number of thioether (sulfide) groups is 1. The summed E-state index contributed by atoms with van der Waals surface area (Å²) in [5.74, 6) is 0.149. The van der Waals surface area contributed by atoms with E-state index in [0.717, 1.165) is 47.4 Å². The van der Waals surface area contributed by atoms with Crippen LogP contribution in [0.15, 0.2) is 86.9 Å². The van der Waals surface area contributed by atoms with Gasteiger partial charge in [0.25, 0.3) is 0 Å². The van der Waals surface area contributed by atoms with Gasteiger partial charge in [0.15, 0.2) is 5.17 Å². The van der Waals surface area contributed by atoms with Crippen LogP contribution in [0.1, 0.15) is 35.6 Å². The number of benzene rings is 3. The van der Waals surface area contributed by atoms with Gasteiger partial charge in [-0.05, 0) is 54.3 Å². The number of carbonyl (C=O) groups excluding carboxylic acids is 1. The van der Waals surface area contributed by atoms with Gasteiger partial charge in [0, 0.05) is 5.56 Å². The maximum atomic E-state index is 12.7. The number of ether oxygens (including phenoxy) is 1. The van der Waals surface area contributed by atoms with Gasteiger partial charge < -0.3 is 10.5 Å². The molecule has 0 aliphatic carbocycles. The number of aliphatic imine (C=N–C) groups is 2. The van der Waals surface area contributed by atoms with E-state index >= 15 is 0 Å². The highest BCUT2D eigenvalue weighted by molar-refractivity contribution is 8.15. The Hall–Kier alpha value is -4.45. The van der Waals surface area contributed by atoms with Crippen molar-refractivity contribution in [3.05, 3.63) is 89.0 Å². The minimum atomic E-state index is -4.75. The summed E-state index contributed by atoms with van der Waals surface area (Å²) in [5, 5.41) is 9.10. The second-order valence-electron chi connectivity index (χ2n) is 8.90. The lowest BCUT2D eigenvalue weighted by Crippen LogP contribution is -2.30. The number of hydrogen-bond acceptors (Lipinski definition) is 6. The molecule has 1 fully saturated rings. The molecule has 12 heteroatoms. The lowest BCUT2D eigenvalue weighted by atomic mass is 10.0. The Morgan fingerprint density at radius 1 is 1.10 bits per heavy atom. The largest absolute Gasteiger partial charge is 0.573 e. The molecule has 0 unspecified atom stereocenters. The molecule has 1 aliphatic heterocycles. The van der Waals surface area contributed by atoms with E-state index in [1.165, 1.54) is 30.2 Å². The number of halogens is 3. The van der Waals surface area contributed by atoms with Gasteiger partial charge in [-0.2, -0.15) is 5.10 Å². The lowest BCUT2D eigenvalue weighted by molar-refractivity contribution is -0.274. The summed E-state index contributed by atoms with van der Waals surface area (Å²) < 4.78 is 40.6. The molecule has 0 saturated carbocycles. The van der Waals surface area contributed by atoms with Crippen molar-refractivity contribution in [1.82, 2.24) is 0 Å². The summed E-state index contributed by atoms with van der Waals surface area (Å²) in [6, 6.07) is 18.2. The summed E-state index contributed by atoms with van der Waals surface area (Å²) >= 11 is 1.36. The molecule has 8 nitrogen and oxygen atoms in total. The van der Waals surface area contributed by atoms with Crippen LogP contribution in [0, 0.1) is 6.92 Å². The average Bonchev–Trinajstić information content (AvgIpc) is 3.29. The second kappa shape index (κ2) is 13.3. The number of amidine groups is 2. The Kier molecular flexibility index (Phi) is 9.56. The molecule has 1 amide bonds. The summed E-state index contributed by atoms with van der Waals surface area (Å²) in [5.41, 5.74) is 10.8. The molecule has 0 aromatic heterocycles. The number of alkyl halides is 3. The first-order chi connectivity index (χ1) is 19.6. The fourth-order valence-electron chi connectivity index (χ4n) is 4.02. The van der Waals surface area contributed by atoms with Crippen molar-refractivity contribution < 1.29 is 22.7 Å². The first-order valence-corrected chi connectivity index (χ1v) is 13.6. The molecule has 3 aromatic carbocycles. The van der Waals surface area contributed by atoms with Crippen LogP contribution >= 0.6 is 11.8 Å². The minimum absolute atomic E-state index is 0.0225. The minimum Gasteiger partial charge on any atom is -0.406 e. The molecule has 0 atom stereocenters. The van der Waals surface area contributed by atoms with Crippen LogP contribution in [-0.2, 0) is 11.2 Å². The quantitative estimate of drug-likeness (QED) is 0.180. The van der Waals surface area contributed by atoms with Gasteiger partial charge in [-0.25, -0.2) is 9.98 Å². The molecule has 0 bridgehead atoms. The highest BCUT2D eigenvalue weighted by Gasteiger charge is 2.32. The van der Waals surface area contributed by atoms with Crippen molar-refractivity contribution >= 4 is 52.6 Å². The van der Waals surface area contributed by atoms with Crippen molar-refractivity contribution in [2.75, 3.05) is 10.7 Å². The number of hydrogen-bond donors (Lipinski definition) is 1. The van der Waals surface area contributed by atoms with Crippen LogP contribution in [0.3, 0.4) is 0 Å². The molecule has 0 radical (unpaired) electrons. The Balaban J connectivity index is 1.41. The maximum Gasteiger partial charge on any atom is 0.573 e. The molecule has 1 saturated heterocycles. The summed E-state index contributed by atoms with van der Waals surface area (Å²) in [7, 11) is 0. The number of anilines is 1. The highest BCUT2D eigenvalue weighted by Crippen LogP contribution is 2.33. The number of aryl methyl sites for hydroxylation is 2. The van der Waals surface area contributed by atoms with Gasteiger partial charge in [-0.3, -0.25) is 9.69 Å². The Labute approximate surface area is 239 Å². The molecule has 1 aliphatic rings. The second-order valence-corrected chi connectivity index (χ2v) is 9.84. The number of rotatable bonds is 9. The van der Waals surface area contributed by atoms with Crippen LogP contribution in [0.4, 0.5) is 24.5 Å². The third-order valence-electron chi connectivity index (χ3n) is 5.86. The van der Waals surface area contributed by atoms with Crippen molar-refractivity contribution in [2.45, 2.75) is 33.1 Å². The summed E-state index contributed by atoms with van der Waals surface area (Å²) in [6.07, 6.45) is -0.126. The van der Waals surface area contributed by atoms with E-state index in [9.17, 15) is 18.0 Å². The number of amides is 1. The van der Waals surface area contributed by atoms with E-state index in [-0.39, 0.29) is 17.5 Å². The molecule has 0 spiro atoms. The zero-order valence-electron chi connectivity index (χ0n) is 22.3. The monoisotopic (exact) mass is 580 g/mol. The fraction of sp³-hybridized carbons (Fsp3) is 0.207. The molecular weight excluding hydrogens is 553 g/mol. The standard InChI is InChI=1S/C29H27F3N6O2S/c1-3-5-21-7-4-6-19(2)26(21)38-25(39)17-41-28(38)37-36-16-20-8-10-22(11-9-20)27(33)35-18-34-23-12-14-24(15-13-23)40-29(30,31)32/h4,6-16,18H,3,5,17H2,1-2H3,(H2,33,34,35)/b36-16+,37-28-. The van der Waals surface area contributed by atoms with Gasteiger partial charge in [-0.15, -0.1) is 18.3 Å². The van der Waals surface area contributed by atoms with E-state index in [1.54, 1.807) is 35.4 Å². The third kappa shape index (κ3) is 8.04. The van der Waals surface area contributed by atoms with Gasteiger partial charge in [0.2, 0.25) is 5.91 Å². The Morgan fingerprint density at radius 3 is 2.51 bits per heavy atom. The predicted octanol–water partition coefficient (Wildman–Crippen LogP) is 6.38. The van der Waals surface area contributed by atoms with Crippen LogP contribution in [-0.4, -0.2) is 41.6 Å². The predicted molar refractivity (Wildman–Crippen MR) is 159 cm³/mol. The summed E-state index contributed by atoms with van der Waals surface area (Å²) in [6.45, 7) is 4.09. The van der Waals surface area contributed by atoms with Crippen LogP contribution in [0.25, 0.3) is 0 Å². The van der Waals surface area contributed by atoms with Crippen molar-refractivity contribution in [1.29, 1.82) is 0 Å². The zero-order valence-corrected chi connectivity index (χ0v) is 23.1. The van der Waals surface area contributed by atoms with Crippen molar-refractivity contribution in [3.8, 4) is 5.75 Å². The third-order valence-corrected chi connectivity index (χ3v) is 6.77. The first kappa shape index (κ1) is 29.5. The molecule has 41 heavy (non-hydrogen) atoms. The van der Waals surface area contributed by atoms with Gasteiger partial charge >= 0.3 is 6.36 Å².